The van der Waals surface area contributed by atoms with Crippen molar-refractivity contribution in [2.75, 3.05) is 0 Å². The Balaban J connectivity index is -0.000000104. The van der Waals surface area contributed by atoms with Gasteiger partial charge in [0.1, 0.15) is 10.1 Å². The van der Waals surface area contributed by atoms with Crippen LogP contribution in [0.1, 0.15) is 58.9 Å². The first kappa shape index (κ1) is 38.7. The summed E-state index contributed by atoms with van der Waals surface area (Å²) in [6.45, 7) is 10.8. The summed E-state index contributed by atoms with van der Waals surface area (Å²) in [5.41, 5.74) is 1.06. The Morgan fingerprint density at radius 1 is 1.04 bits per heavy atom. The molecule has 0 spiro atoms. The second kappa shape index (κ2) is 25.1. The van der Waals surface area contributed by atoms with E-state index in [2.05, 4.69) is 78.1 Å². The first-order valence-electron chi connectivity index (χ1n) is 7.35. The fraction of sp³-hybridized carbons (Fsp3) is 0.600. The van der Waals surface area contributed by atoms with Crippen LogP contribution in [-0.2, 0) is 64.1 Å². The van der Waals surface area contributed by atoms with Gasteiger partial charge in [0.15, 0.2) is 0 Å². The van der Waals surface area contributed by atoms with Crippen molar-refractivity contribution in [2.24, 2.45) is 5.92 Å². The summed E-state index contributed by atoms with van der Waals surface area (Å²) in [5.74, 6) is 1.27. The molecule has 0 aliphatic carbocycles. The quantitative estimate of drug-likeness (QED) is 0.347. The predicted molar refractivity (Wildman–Crippen MR) is 116 cm³/mol. The van der Waals surface area contributed by atoms with Crippen LogP contribution in [0.3, 0.4) is 0 Å². The molecule has 0 heterocycles. The molecule has 1 aromatic carbocycles. The van der Waals surface area contributed by atoms with Gasteiger partial charge < -0.3 is 4.55 Å². The molecule has 0 aliphatic rings. The largest absolute Gasteiger partial charge is 1.00 e. The molecule has 1 unspecified atom stereocenters. The molecule has 0 saturated heterocycles. The molecular formula is C15H26NaO3P2S4V+. The molecule has 0 aromatic heterocycles. The SMILES string of the molecule is CCC(C)C.CCC(C)c1ccc(S(=O)(=O)[O-])cc1.P=S.S=[P+]=S.[Na+].[V]. The molecule has 0 amide bonds. The Hall–Kier alpha value is 2.10. The Bertz CT molecular complexity index is 567. The van der Waals surface area contributed by atoms with Crippen LogP contribution in [0.15, 0.2) is 29.2 Å². The fourth-order valence-corrected chi connectivity index (χ4v) is 1.67. The van der Waals surface area contributed by atoms with E-state index in [1.54, 1.807) is 12.1 Å². The summed E-state index contributed by atoms with van der Waals surface area (Å²) in [6.07, 6.45) is 2.88. The molecule has 26 heavy (non-hydrogen) atoms. The van der Waals surface area contributed by atoms with Crippen LogP contribution in [0, 0.1) is 5.92 Å². The predicted octanol–water partition coefficient (Wildman–Crippen LogP) is 2.61. The van der Waals surface area contributed by atoms with Crippen molar-refractivity contribution < 1.29 is 61.1 Å². The summed E-state index contributed by atoms with van der Waals surface area (Å²) >= 11 is 12.2. The van der Waals surface area contributed by atoms with Gasteiger partial charge >= 0.3 is 59.3 Å². The Kier molecular flexibility index (Phi) is 37.4. The van der Waals surface area contributed by atoms with Crippen molar-refractivity contribution in [3.05, 3.63) is 29.8 Å². The standard InChI is InChI=1S/C10H14O3S.C5H12.Na.PS2.HPS.V/c1-3-8(2)9-4-6-10(7-5-9)14(11,12)13;1-4-5(2)3;;2-1-3;1-2;/h4-8H,3H2,1-2H3,(H,11,12,13);5H,4H2,1-3H3;;;1H;/q;;2*+1;;/p-1. The number of hydrogen-bond donors (Lipinski definition) is 0. The third-order valence-electron chi connectivity index (χ3n) is 3.17. The van der Waals surface area contributed by atoms with Crippen molar-refractivity contribution in [2.45, 2.75) is 58.3 Å². The van der Waals surface area contributed by atoms with Crippen LogP contribution in [0.25, 0.3) is 0 Å². The van der Waals surface area contributed by atoms with E-state index in [0.717, 1.165) is 17.9 Å². The minimum Gasteiger partial charge on any atom is 0 e. The summed E-state index contributed by atoms with van der Waals surface area (Å²) in [7, 11) is -1.75. The van der Waals surface area contributed by atoms with Gasteiger partial charge in [-0.1, -0.05) is 65.0 Å². The second-order valence-electron chi connectivity index (χ2n) is 5.21. The number of benzene rings is 1. The van der Waals surface area contributed by atoms with E-state index in [0.29, 0.717) is 12.0 Å². The maximum absolute atomic E-state index is 10.6. The molecule has 11 heteroatoms. The van der Waals surface area contributed by atoms with E-state index in [4.69, 9.17) is 0 Å². The van der Waals surface area contributed by atoms with E-state index in [1.165, 1.54) is 18.6 Å². The van der Waals surface area contributed by atoms with Crippen molar-refractivity contribution in [1.82, 2.24) is 0 Å². The van der Waals surface area contributed by atoms with Crippen LogP contribution in [0.4, 0.5) is 0 Å². The van der Waals surface area contributed by atoms with Crippen LogP contribution in [0.2, 0.25) is 0 Å². The van der Waals surface area contributed by atoms with Gasteiger partial charge in [0.25, 0.3) is 0 Å². The van der Waals surface area contributed by atoms with Gasteiger partial charge in [-0.15, -0.1) is 0 Å². The van der Waals surface area contributed by atoms with Gasteiger partial charge in [0, 0.05) is 18.6 Å². The molecular weight excluding hydrogens is 492 g/mol. The molecule has 0 bridgehead atoms. The molecule has 1 rings (SSSR count). The number of rotatable bonds is 4. The van der Waals surface area contributed by atoms with Crippen molar-refractivity contribution in [3.63, 3.8) is 0 Å². The molecule has 3 nitrogen and oxygen atoms in total. The van der Waals surface area contributed by atoms with E-state index in [9.17, 15) is 13.0 Å². The van der Waals surface area contributed by atoms with Crippen LogP contribution in [-0.4, -0.2) is 13.0 Å². The first-order chi connectivity index (χ1) is 11.1. The average Bonchev–Trinajstić information content (AvgIpc) is 2.56. The topological polar surface area (TPSA) is 57.2 Å². The van der Waals surface area contributed by atoms with Crippen molar-refractivity contribution in [1.29, 1.82) is 0 Å². The third kappa shape index (κ3) is 24.1. The summed E-state index contributed by atoms with van der Waals surface area (Å²) in [6, 6.07) is 6.12. The van der Waals surface area contributed by atoms with Gasteiger partial charge in [-0.3, -0.25) is 0 Å². The molecule has 0 fully saturated rings. The minimum absolute atomic E-state index is 0. The van der Waals surface area contributed by atoms with Gasteiger partial charge in [-0.25, -0.2) is 8.42 Å². The maximum Gasteiger partial charge on any atom is 1.00 e. The van der Waals surface area contributed by atoms with Crippen molar-refractivity contribution >= 4 is 59.7 Å². The smallest absolute Gasteiger partial charge is 0 e. The van der Waals surface area contributed by atoms with E-state index in [1.807, 2.05) is 0 Å². The molecule has 0 aliphatic heterocycles. The van der Waals surface area contributed by atoms with E-state index >= 15 is 0 Å². The minimum atomic E-state index is -4.30. The zero-order valence-electron chi connectivity index (χ0n) is 16.1. The fourth-order valence-electron chi connectivity index (χ4n) is 1.20. The van der Waals surface area contributed by atoms with Crippen LogP contribution in [0.5, 0.6) is 0 Å². The van der Waals surface area contributed by atoms with Gasteiger partial charge in [-0.2, -0.15) is 0 Å². The molecule has 143 valence electrons. The Morgan fingerprint density at radius 3 is 1.54 bits per heavy atom. The van der Waals surface area contributed by atoms with Gasteiger partial charge in [-0.05, 0) is 44.0 Å². The van der Waals surface area contributed by atoms with Gasteiger partial charge in [0.05, 0.1) is 4.90 Å². The Morgan fingerprint density at radius 2 is 1.35 bits per heavy atom. The molecule has 1 atom stereocenters. The molecule has 1 radical (unpaired) electrons. The van der Waals surface area contributed by atoms with Crippen LogP contribution < -0.4 is 29.6 Å². The van der Waals surface area contributed by atoms with Gasteiger partial charge in [0.2, 0.25) is 0 Å². The zero-order chi connectivity index (χ0) is 19.8. The second-order valence-corrected chi connectivity index (χ2v) is 8.53. The van der Waals surface area contributed by atoms with Crippen LogP contribution >= 0.6 is 14.1 Å². The average molecular weight is 519 g/mol. The summed E-state index contributed by atoms with van der Waals surface area (Å²) in [5, 5.41) is 0. The summed E-state index contributed by atoms with van der Waals surface area (Å²) in [4.78, 5) is -0.162. The molecule has 1 aromatic rings. The maximum atomic E-state index is 10.6. The molecule has 0 saturated carbocycles. The Labute approximate surface area is 212 Å². The zero-order valence-corrected chi connectivity index (χ0v) is 24.7. The normalized spacial score (nSPS) is 9.81. The first-order valence-corrected chi connectivity index (χ1v) is 13.3. The van der Waals surface area contributed by atoms with E-state index in [-0.39, 0.29) is 53.0 Å². The monoisotopic (exact) mass is 518 g/mol. The number of hydrogen-bond acceptors (Lipinski definition) is 6. The van der Waals surface area contributed by atoms with Crippen molar-refractivity contribution in [3.8, 4) is 0 Å². The van der Waals surface area contributed by atoms with E-state index < -0.39 is 10.1 Å². The molecule has 0 N–H and O–H groups in total. The third-order valence-corrected chi connectivity index (χ3v) is 4.02. The summed E-state index contributed by atoms with van der Waals surface area (Å²) < 4.78 is 31.9.